The van der Waals surface area contributed by atoms with Gasteiger partial charge in [0.25, 0.3) is 0 Å². The lowest BCUT2D eigenvalue weighted by atomic mass is 10.1. The van der Waals surface area contributed by atoms with E-state index in [0.717, 1.165) is 60.2 Å². The van der Waals surface area contributed by atoms with Crippen molar-refractivity contribution in [3.8, 4) is 17.5 Å². The molecule has 1 aliphatic heterocycles. The van der Waals surface area contributed by atoms with Crippen LogP contribution in [0.3, 0.4) is 0 Å². The van der Waals surface area contributed by atoms with Crippen LogP contribution in [0.5, 0.6) is 17.5 Å². The molecule has 188 valence electrons. The summed E-state index contributed by atoms with van der Waals surface area (Å²) in [5, 5.41) is 13.4. The van der Waals surface area contributed by atoms with E-state index in [-0.39, 0.29) is 0 Å². The van der Waals surface area contributed by atoms with Gasteiger partial charge in [-0.1, -0.05) is 24.3 Å². The lowest BCUT2D eigenvalue weighted by Crippen LogP contribution is -2.38. The number of hydrogen-bond donors (Lipinski definition) is 3. The molecule has 4 N–H and O–H groups in total. The molecule has 0 aliphatic carbocycles. The van der Waals surface area contributed by atoms with Crippen molar-refractivity contribution in [1.29, 1.82) is 0 Å². The number of nitrogens with two attached hydrogens (primary N) is 1. The van der Waals surface area contributed by atoms with Gasteiger partial charge in [0.1, 0.15) is 12.4 Å². The van der Waals surface area contributed by atoms with Crippen LogP contribution < -0.4 is 20.5 Å². The van der Waals surface area contributed by atoms with E-state index in [2.05, 4.69) is 30.4 Å². The van der Waals surface area contributed by atoms with Gasteiger partial charge in [0, 0.05) is 54.0 Å². The minimum absolute atomic E-state index is 0.412. The predicted octanol–water partition coefficient (Wildman–Crippen LogP) is 4.34. The molecule has 10 nitrogen and oxygen atoms in total. The molecule has 1 aliphatic rings. The van der Waals surface area contributed by atoms with E-state index < -0.39 is 0 Å². The molecular weight excluding hydrogens is 470 g/mol. The maximum Gasteiger partial charge on any atom is 0.240 e. The smallest absolute Gasteiger partial charge is 0.240 e. The van der Waals surface area contributed by atoms with Gasteiger partial charge in [-0.3, -0.25) is 10.00 Å². The van der Waals surface area contributed by atoms with Crippen molar-refractivity contribution < 1.29 is 14.2 Å². The van der Waals surface area contributed by atoms with Gasteiger partial charge in [0.05, 0.1) is 24.1 Å². The van der Waals surface area contributed by atoms with Crippen molar-refractivity contribution >= 4 is 39.0 Å². The molecule has 1 saturated heterocycles. The van der Waals surface area contributed by atoms with E-state index in [1.54, 1.807) is 12.3 Å². The van der Waals surface area contributed by atoms with Crippen LogP contribution in [-0.2, 0) is 4.74 Å². The monoisotopic (exact) mass is 497 g/mol. The van der Waals surface area contributed by atoms with Crippen molar-refractivity contribution in [2.45, 2.75) is 0 Å². The van der Waals surface area contributed by atoms with E-state index in [1.807, 2.05) is 54.6 Å². The molecule has 0 spiro atoms. The number of aromatic amines is 1. The molecular formula is C27H27N7O3. The summed E-state index contributed by atoms with van der Waals surface area (Å²) in [7, 11) is 0. The molecule has 0 saturated carbocycles. The second-order valence-electron chi connectivity index (χ2n) is 8.74. The van der Waals surface area contributed by atoms with Gasteiger partial charge >= 0.3 is 0 Å². The summed E-state index contributed by atoms with van der Waals surface area (Å²) < 4.78 is 17.5. The van der Waals surface area contributed by atoms with Gasteiger partial charge in [0.15, 0.2) is 0 Å². The molecule has 3 heterocycles. The van der Waals surface area contributed by atoms with E-state index >= 15 is 0 Å². The van der Waals surface area contributed by atoms with Gasteiger partial charge in [0.2, 0.25) is 17.7 Å². The highest BCUT2D eigenvalue weighted by molar-refractivity contribution is 5.97. The lowest BCUT2D eigenvalue weighted by Gasteiger charge is -2.26. The van der Waals surface area contributed by atoms with E-state index in [4.69, 9.17) is 19.9 Å². The summed E-state index contributed by atoms with van der Waals surface area (Å²) in [4.78, 5) is 11.2. The van der Waals surface area contributed by atoms with Crippen molar-refractivity contribution in [3.05, 3.63) is 66.9 Å². The molecule has 5 aromatic rings. The molecule has 10 heteroatoms. The summed E-state index contributed by atoms with van der Waals surface area (Å²) in [5.74, 6) is 2.08. The fraction of sp³-hybridized carbons (Fsp3) is 0.222. The second-order valence-corrected chi connectivity index (χ2v) is 8.74. The number of nitrogens with one attached hydrogen (secondary N) is 2. The molecule has 0 bridgehead atoms. The van der Waals surface area contributed by atoms with Crippen LogP contribution in [0.4, 0.5) is 17.3 Å². The summed E-state index contributed by atoms with van der Waals surface area (Å²) in [6.07, 6.45) is 1.65. The van der Waals surface area contributed by atoms with Crippen molar-refractivity contribution in [2.24, 2.45) is 0 Å². The molecule has 37 heavy (non-hydrogen) atoms. The quantitative estimate of drug-likeness (QED) is 0.269. The van der Waals surface area contributed by atoms with Crippen LogP contribution in [-0.4, -0.2) is 64.5 Å². The van der Waals surface area contributed by atoms with Crippen molar-refractivity contribution in [1.82, 2.24) is 25.1 Å². The Labute approximate surface area is 213 Å². The van der Waals surface area contributed by atoms with Gasteiger partial charge in [-0.05, 0) is 30.3 Å². The Morgan fingerprint density at radius 1 is 1.00 bits per heavy atom. The Kier molecular flexibility index (Phi) is 6.40. The highest BCUT2D eigenvalue weighted by Crippen LogP contribution is 2.33. The zero-order valence-corrected chi connectivity index (χ0v) is 20.2. The minimum Gasteiger partial charge on any atom is -0.475 e. The number of morpholine rings is 1. The molecule has 2 aromatic heterocycles. The molecule has 0 radical (unpaired) electrons. The first-order chi connectivity index (χ1) is 18.2. The van der Waals surface area contributed by atoms with Crippen molar-refractivity contribution in [3.63, 3.8) is 0 Å². The van der Waals surface area contributed by atoms with Crippen LogP contribution in [0, 0.1) is 0 Å². The Bertz CT molecular complexity index is 1530. The van der Waals surface area contributed by atoms with Crippen molar-refractivity contribution in [2.75, 3.05) is 50.5 Å². The zero-order chi connectivity index (χ0) is 25.0. The van der Waals surface area contributed by atoms with Crippen LogP contribution in [0.2, 0.25) is 0 Å². The van der Waals surface area contributed by atoms with Gasteiger partial charge in [-0.25, -0.2) is 4.98 Å². The SMILES string of the molecule is Nc1ccc(Oc2ccnc(Nc3ccc4[nH]nc(OCCN5CCOCC5)c4c3)n2)c2ccccc12. The normalized spacial score (nSPS) is 14.2. The topological polar surface area (TPSA) is 123 Å². The number of H-pyrrole nitrogens is 1. The lowest BCUT2D eigenvalue weighted by molar-refractivity contribution is 0.0321. The summed E-state index contributed by atoms with van der Waals surface area (Å²) in [5.41, 5.74) is 8.52. The summed E-state index contributed by atoms with van der Waals surface area (Å²) in [6, 6.07) is 19.1. The molecule has 6 rings (SSSR count). The number of rotatable bonds is 8. The van der Waals surface area contributed by atoms with E-state index in [1.165, 1.54) is 0 Å². The number of nitrogens with zero attached hydrogens (tertiary/aromatic N) is 4. The Balaban J connectivity index is 1.16. The average Bonchev–Trinajstić information content (AvgIpc) is 3.33. The Morgan fingerprint density at radius 2 is 1.86 bits per heavy atom. The van der Waals surface area contributed by atoms with Crippen LogP contribution in [0.15, 0.2) is 66.9 Å². The van der Waals surface area contributed by atoms with Crippen LogP contribution in [0.25, 0.3) is 21.7 Å². The zero-order valence-electron chi connectivity index (χ0n) is 20.2. The highest BCUT2D eigenvalue weighted by Gasteiger charge is 2.13. The van der Waals surface area contributed by atoms with Crippen LogP contribution >= 0.6 is 0 Å². The maximum atomic E-state index is 6.12. The third-order valence-corrected chi connectivity index (χ3v) is 6.30. The number of fused-ring (bicyclic) bond motifs is 2. The third kappa shape index (κ3) is 5.11. The molecule has 0 amide bonds. The van der Waals surface area contributed by atoms with E-state index in [9.17, 15) is 0 Å². The number of benzene rings is 3. The number of anilines is 3. The first-order valence-electron chi connectivity index (χ1n) is 12.2. The minimum atomic E-state index is 0.412. The first kappa shape index (κ1) is 23.0. The third-order valence-electron chi connectivity index (χ3n) is 6.30. The number of ether oxygens (including phenoxy) is 3. The molecule has 3 aromatic carbocycles. The van der Waals surface area contributed by atoms with Gasteiger partial charge < -0.3 is 25.3 Å². The number of aromatic nitrogens is 4. The number of hydrogen-bond acceptors (Lipinski definition) is 9. The fourth-order valence-electron chi connectivity index (χ4n) is 4.36. The number of nitrogen functional groups attached to an aromatic ring is 1. The fourth-order valence-corrected chi connectivity index (χ4v) is 4.36. The Hall–Kier alpha value is -4.41. The maximum absolute atomic E-state index is 6.12. The molecule has 0 atom stereocenters. The first-order valence-corrected chi connectivity index (χ1v) is 12.2. The molecule has 0 unspecified atom stereocenters. The standard InChI is InChI=1S/C27H27N7O3/c28-22-6-8-24(20-4-2-1-3-19(20)22)37-25-9-10-29-27(31-25)30-18-5-7-23-21(17-18)26(33-32-23)36-16-13-34-11-14-35-15-12-34/h1-10,17H,11-16,28H2,(H,32,33)(H,29,30,31). The van der Waals surface area contributed by atoms with Gasteiger partial charge in [-0.15, -0.1) is 5.10 Å². The predicted molar refractivity (Wildman–Crippen MR) is 143 cm³/mol. The van der Waals surface area contributed by atoms with Gasteiger partial charge in [-0.2, -0.15) is 4.98 Å². The van der Waals surface area contributed by atoms with Crippen LogP contribution in [0.1, 0.15) is 0 Å². The average molecular weight is 498 g/mol. The summed E-state index contributed by atoms with van der Waals surface area (Å²) in [6.45, 7) is 4.78. The molecule has 1 fully saturated rings. The highest BCUT2D eigenvalue weighted by atomic mass is 16.5. The largest absolute Gasteiger partial charge is 0.475 e. The summed E-state index contributed by atoms with van der Waals surface area (Å²) >= 11 is 0. The second kappa shape index (κ2) is 10.3. The Morgan fingerprint density at radius 3 is 2.76 bits per heavy atom. The van der Waals surface area contributed by atoms with E-state index in [0.29, 0.717) is 35.8 Å².